The molecule has 0 aliphatic heterocycles. The minimum Gasteiger partial charge on any atom is -0.496 e. The topological polar surface area (TPSA) is 82.8 Å². The smallest absolute Gasteiger partial charge is 0.240 e. The van der Waals surface area contributed by atoms with Crippen molar-refractivity contribution in [1.29, 1.82) is 0 Å². The summed E-state index contributed by atoms with van der Waals surface area (Å²) in [4.78, 5) is 12.1. The van der Waals surface area contributed by atoms with Gasteiger partial charge in [-0.3, -0.25) is 4.79 Å². The quantitative estimate of drug-likeness (QED) is 0.828. The fourth-order valence-electron chi connectivity index (χ4n) is 2.37. The number of amides is 1. The number of benzene rings is 1. The maximum atomic E-state index is 12.1. The molecule has 124 valence electrons. The number of hydrogen-bond acceptors (Lipinski definition) is 5. The van der Waals surface area contributed by atoms with Crippen LogP contribution in [0.1, 0.15) is 24.8 Å². The summed E-state index contributed by atoms with van der Waals surface area (Å²) in [7, 11) is 4.70. The van der Waals surface area contributed by atoms with Crippen LogP contribution in [0.4, 0.5) is 0 Å². The molecule has 1 aliphatic rings. The first-order valence-corrected chi connectivity index (χ1v) is 6.90. The molecule has 0 heterocycles. The van der Waals surface area contributed by atoms with Crippen molar-refractivity contribution in [3.05, 3.63) is 17.7 Å². The fraction of sp³-hybridized carbons (Fsp3) is 0.533. The summed E-state index contributed by atoms with van der Waals surface area (Å²) < 4.78 is 15.8. The average molecular weight is 331 g/mol. The summed E-state index contributed by atoms with van der Waals surface area (Å²) in [5.41, 5.74) is 6.10. The lowest BCUT2D eigenvalue weighted by atomic mass is 9.77. The third-order valence-corrected chi connectivity index (χ3v) is 3.92. The van der Waals surface area contributed by atoms with Gasteiger partial charge in [0, 0.05) is 18.2 Å². The van der Waals surface area contributed by atoms with Crippen molar-refractivity contribution in [2.24, 2.45) is 5.73 Å². The SMILES string of the molecule is COc1cc(OC)c(OC)cc1CNC(=O)C1(N)CCC1.Cl. The maximum Gasteiger partial charge on any atom is 0.240 e. The summed E-state index contributed by atoms with van der Waals surface area (Å²) in [5.74, 6) is 1.69. The Hall–Kier alpha value is -1.66. The van der Waals surface area contributed by atoms with Gasteiger partial charge in [-0.1, -0.05) is 0 Å². The lowest BCUT2D eigenvalue weighted by Crippen LogP contribution is -2.58. The number of halogens is 1. The zero-order valence-corrected chi connectivity index (χ0v) is 13.9. The second kappa shape index (κ2) is 7.56. The molecule has 0 saturated heterocycles. The lowest BCUT2D eigenvalue weighted by Gasteiger charge is -2.36. The van der Waals surface area contributed by atoms with E-state index >= 15 is 0 Å². The summed E-state index contributed by atoms with van der Waals surface area (Å²) in [6, 6.07) is 3.53. The van der Waals surface area contributed by atoms with Crippen LogP contribution < -0.4 is 25.3 Å². The van der Waals surface area contributed by atoms with Crippen molar-refractivity contribution in [2.75, 3.05) is 21.3 Å². The Bertz CT molecular complexity index is 533. The molecular formula is C15H23ClN2O4. The van der Waals surface area contributed by atoms with Gasteiger partial charge in [0.25, 0.3) is 0 Å². The maximum absolute atomic E-state index is 12.1. The minimum absolute atomic E-state index is 0. The summed E-state index contributed by atoms with van der Waals surface area (Å²) in [6.07, 6.45) is 2.48. The summed E-state index contributed by atoms with van der Waals surface area (Å²) >= 11 is 0. The van der Waals surface area contributed by atoms with E-state index in [0.717, 1.165) is 24.8 Å². The van der Waals surface area contributed by atoms with Crippen molar-refractivity contribution in [1.82, 2.24) is 5.32 Å². The van der Waals surface area contributed by atoms with Crippen LogP contribution in [-0.4, -0.2) is 32.8 Å². The first-order chi connectivity index (χ1) is 10.0. The molecule has 0 unspecified atom stereocenters. The van der Waals surface area contributed by atoms with Crippen molar-refractivity contribution >= 4 is 18.3 Å². The first-order valence-electron chi connectivity index (χ1n) is 6.90. The molecule has 0 atom stereocenters. The van der Waals surface area contributed by atoms with Crippen LogP contribution in [0.5, 0.6) is 17.2 Å². The molecule has 1 aliphatic carbocycles. The van der Waals surface area contributed by atoms with E-state index < -0.39 is 5.54 Å². The van der Waals surface area contributed by atoms with E-state index in [2.05, 4.69) is 5.32 Å². The molecule has 1 amide bonds. The molecule has 1 aromatic rings. The van der Waals surface area contributed by atoms with Gasteiger partial charge in [-0.05, 0) is 25.3 Å². The number of carbonyl (C=O) groups is 1. The summed E-state index contributed by atoms with van der Waals surface area (Å²) in [5, 5.41) is 2.86. The largest absolute Gasteiger partial charge is 0.496 e. The van der Waals surface area contributed by atoms with Crippen molar-refractivity contribution < 1.29 is 19.0 Å². The van der Waals surface area contributed by atoms with E-state index in [-0.39, 0.29) is 18.3 Å². The highest BCUT2D eigenvalue weighted by Crippen LogP contribution is 2.35. The molecule has 0 bridgehead atoms. The standard InChI is InChI=1S/C15H22N2O4.ClH/c1-19-11-8-13(21-3)12(20-2)7-10(11)9-17-14(18)15(16)5-4-6-15;/h7-8H,4-6,9,16H2,1-3H3,(H,17,18);1H. The Kier molecular flexibility index (Phi) is 6.32. The van der Waals surface area contributed by atoms with E-state index in [1.54, 1.807) is 33.5 Å². The molecule has 0 spiro atoms. The zero-order chi connectivity index (χ0) is 15.5. The van der Waals surface area contributed by atoms with E-state index in [0.29, 0.717) is 23.8 Å². The molecule has 0 radical (unpaired) electrons. The molecule has 6 nitrogen and oxygen atoms in total. The minimum atomic E-state index is -0.705. The molecule has 7 heteroatoms. The van der Waals surface area contributed by atoms with Gasteiger partial charge in [0.05, 0.1) is 26.9 Å². The number of nitrogens with one attached hydrogen (secondary N) is 1. The Balaban J connectivity index is 0.00000242. The van der Waals surface area contributed by atoms with Crippen LogP contribution in [0.15, 0.2) is 12.1 Å². The van der Waals surface area contributed by atoms with E-state index in [1.165, 1.54) is 0 Å². The Morgan fingerprint density at radius 3 is 2.14 bits per heavy atom. The molecule has 22 heavy (non-hydrogen) atoms. The number of hydrogen-bond donors (Lipinski definition) is 2. The van der Waals surface area contributed by atoms with Crippen molar-refractivity contribution in [2.45, 2.75) is 31.3 Å². The predicted molar refractivity (Wildman–Crippen MR) is 86.0 cm³/mol. The monoisotopic (exact) mass is 330 g/mol. The van der Waals surface area contributed by atoms with Gasteiger partial charge in [-0.15, -0.1) is 12.4 Å². The predicted octanol–water partition coefficient (Wildman–Crippen LogP) is 1.63. The second-order valence-corrected chi connectivity index (χ2v) is 5.21. The highest BCUT2D eigenvalue weighted by molar-refractivity contribution is 5.87. The van der Waals surface area contributed by atoms with Crippen LogP contribution in [-0.2, 0) is 11.3 Å². The number of ether oxygens (including phenoxy) is 3. The Labute approximate surface area is 136 Å². The Morgan fingerprint density at radius 1 is 1.14 bits per heavy atom. The second-order valence-electron chi connectivity index (χ2n) is 5.21. The van der Waals surface area contributed by atoms with Crippen LogP contribution in [0.25, 0.3) is 0 Å². The summed E-state index contributed by atoms with van der Waals surface area (Å²) in [6.45, 7) is 0.335. The molecular weight excluding hydrogens is 308 g/mol. The highest BCUT2D eigenvalue weighted by atomic mass is 35.5. The lowest BCUT2D eigenvalue weighted by molar-refractivity contribution is -0.129. The van der Waals surface area contributed by atoms with E-state index in [9.17, 15) is 4.79 Å². The molecule has 0 aromatic heterocycles. The highest BCUT2D eigenvalue weighted by Gasteiger charge is 2.39. The molecule has 1 saturated carbocycles. The number of rotatable bonds is 6. The van der Waals surface area contributed by atoms with E-state index in [4.69, 9.17) is 19.9 Å². The van der Waals surface area contributed by atoms with Gasteiger partial charge in [0.15, 0.2) is 11.5 Å². The van der Waals surface area contributed by atoms with Gasteiger partial charge in [-0.25, -0.2) is 0 Å². The average Bonchev–Trinajstić information content (AvgIpc) is 2.48. The van der Waals surface area contributed by atoms with E-state index in [1.807, 2.05) is 0 Å². The van der Waals surface area contributed by atoms with Crippen molar-refractivity contribution in [3.63, 3.8) is 0 Å². The first kappa shape index (κ1) is 18.4. The van der Waals surface area contributed by atoms with Crippen LogP contribution in [0, 0.1) is 0 Å². The van der Waals surface area contributed by atoms with Crippen LogP contribution in [0.3, 0.4) is 0 Å². The molecule has 1 aromatic carbocycles. The molecule has 2 rings (SSSR count). The number of carbonyl (C=O) groups excluding carboxylic acids is 1. The van der Waals surface area contributed by atoms with Crippen molar-refractivity contribution in [3.8, 4) is 17.2 Å². The zero-order valence-electron chi connectivity index (χ0n) is 13.1. The molecule has 1 fully saturated rings. The number of nitrogens with two attached hydrogens (primary N) is 1. The Morgan fingerprint density at radius 2 is 1.68 bits per heavy atom. The van der Waals surface area contributed by atoms with Crippen LogP contribution in [0.2, 0.25) is 0 Å². The van der Waals surface area contributed by atoms with Gasteiger partial charge in [0.2, 0.25) is 5.91 Å². The molecule has 3 N–H and O–H groups in total. The van der Waals surface area contributed by atoms with Gasteiger partial charge < -0.3 is 25.3 Å². The number of methoxy groups -OCH3 is 3. The van der Waals surface area contributed by atoms with Crippen LogP contribution >= 0.6 is 12.4 Å². The fourth-order valence-corrected chi connectivity index (χ4v) is 2.37. The van der Waals surface area contributed by atoms with Gasteiger partial charge >= 0.3 is 0 Å². The van der Waals surface area contributed by atoms with Gasteiger partial charge in [-0.2, -0.15) is 0 Å². The normalized spacial score (nSPS) is 15.1. The third kappa shape index (κ3) is 3.56. The third-order valence-electron chi connectivity index (χ3n) is 3.92. The van der Waals surface area contributed by atoms with Gasteiger partial charge in [0.1, 0.15) is 5.75 Å².